The predicted octanol–water partition coefficient (Wildman–Crippen LogP) is 4.44. The number of rotatable bonds is 7. The zero-order chi connectivity index (χ0) is 21.9. The summed E-state index contributed by atoms with van der Waals surface area (Å²) in [6.45, 7) is 9.78. The largest absolute Gasteiger partial charge is 0.467 e. The van der Waals surface area contributed by atoms with Crippen LogP contribution in [0.15, 0.2) is 46.4 Å². The average molecular weight is 427 g/mol. The number of amides is 2. The molecule has 1 aromatic carbocycles. The number of hydrogen-bond acceptors (Lipinski definition) is 6. The summed E-state index contributed by atoms with van der Waals surface area (Å²) in [6.07, 6.45) is 2.23. The molecule has 3 aromatic rings. The molecular weight excluding hydrogens is 400 g/mol. The fourth-order valence-corrected chi connectivity index (χ4v) is 3.60. The van der Waals surface area contributed by atoms with Crippen molar-refractivity contribution in [3.05, 3.63) is 64.6 Å². The maximum atomic E-state index is 13.5. The summed E-state index contributed by atoms with van der Waals surface area (Å²) in [7, 11) is 0. The van der Waals surface area contributed by atoms with Gasteiger partial charge in [0, 0.05) is 16.6 Å². The Kier molecular flexibility index (Phi) is 6.36. The molecule has 0 radical (unpaired) electrons. The highest BCUT2D eigenvalue weighted by Crippen LogP contribution is 2.32. The van der Waals surface area contributed by atoms with Crippen LogP contribution in [-0.4, -0.2) is 26.9 Å². The van der Waals surface area contributed by atoms with Crippen LogP contribution in [0.25, 0.3) is 0 Å². The molecule has 30 heavy (non-hydrogen) atoms. The molecule has 1 atom stereocenters. The topological polar surface area (TPSA) is 88.3 Å². The lowest BCUT2D eigenvalue weighted by Gasteiger charge is -2.33. The third kappa shape index (κ3) is 4.76. The second-order valence-corrected chi connectivity index (χ2v) is 8.57. The Bertz CT molecular complexity index is 993. The van der Waals surface area contributed by atoms with Gasteiger partial charge in [0.05, 0.1) is 6.26 Å². The first kappa shape index (κ1) is 21.7. The molecule has 0 aliphatic rings. The molecule has 0 spiro atoms. The van der Waals surface area contributed by atoms with Gasteiger partial charge in [0.1, 0.15) is 5.76 Å². The van der Waals surface area contributed by atoms with Crippen molar-refractivity contribution in [3.8, 4) is 0 Å². The van der Waals surface area contributed by atoms with Gasteiger partial charge in [-0.3, -0.25) is 14.5 Å². The van der Waals surface area contributed by atoms with E-state index in [1.165, 1.54) is 11.2 Å². The summed E-state index contributed by atoms with van der Waals surface area (Å²) < 4.78 is 9.42. The first-order chi connectivity index (χ1) is 14.2. The van der Waals surface area contributed by atoms with Gasteiger partial charge in [0.2, 0.25) is 0 Å². The third-order valence-electron chi connectivity index (χ3n) is 4.95. The maximum Gasteiger partial charge on any atom is 0.280 e. The lowest BCUT2D eigenvalue weighted by molar-refractivity contribution is -0.124. The van der Waals surface area contributed by atoms with Gasteiger partial charge in [-0.2, -0.15) is 0 Å². The van der Waals surface area contributed by atoms with Gasteiger partial charge in [-0.1, -0.05) is 17.5 Å². The molecule has 2 amide bonds. The first-order valence-electron chi connectivity index (χ1n) is 9.76. The predicted molar refractivity (Wildman–Crippen MR) is 117 cm³/mol. The number of nitrogens with one attached hydrogen (secondary N) is 1. The summed E-state index contributed by atoms with van der Waals surface area (Å²) in [4.78, 5) is 28.4. The molecular formula is C22H26N4O3S. The minimum Gasteiger partial charge on any atom is -0.467 e. The summed E-state index contributed by atoms with van der Waals surface area (Å²) in [5.41, 5.74) is 2.29. The summed E-state index contributed by atoms with van der Waals surface area (Å²) >= 11 is 1.09. The van der Waals surface area contributed by atoms with E-state index in [2.05, 4.69) is 14.9 Å². The van der Waals surface area contributed by atoms with Crippen LogP contribution in [0.2, 0.25) is 0 Å². The monoisotopic (exact) mass is 426 g/mol. The normalized spacial score (nSPS) is 12.4. The van der Waals surface area contributed by atoms with E-state index in [-0.39, 0.29) is 11.6 Å². The number of carbonyl (C=O) groups excluding carboxylic acids is 2. The lowest BCUT2D eigenvalue weighted by atomic mass is 10.00. The minimum absolute atomic E-state index is 0.179. The van der Waals surface area contributed by atoms with Crippen LogP contribution in [0.3, 0.4) is 0 Å². The van der Waals surface area contributed by atoms with E-state index >= 15 is 0 Å². The van der Waals surface area contributed by atoms with E-state index < -0.39 is 17.5 Å². The van der Waals surface area contributed by atoms with Crippen molar-refractivity contribution in [3.63, 3.8) is 0 Å². The summed E-state index contributed by atoms with van der Waals surface area (Å²) in [5.74, 6) is -0.373. The quantitative estimate of drug-likeness (QED) is 0.603. The second-order valence-electron chi connectivity index (χ2n) is 7.96. The molecule has 0 unspecified atom stereocenters. The molecule has 1 N–H and O–H groups in total. The summed E-state index contributed by atoms with van der Waals surface area (Å²) in [6, 6.07) is 8.16. The van der Waals surface area contributed by atoms with Gasteiger partial charge in [-0.25, -0.2) is 0 Å². The number of furan rings is 1. The van der Waals surface area contributed by atoms with Crippen molar-refractivity contribution >= 4 is 29.0 Å². The maximum absolute atomic E-state index is 13.5. The Hall–Kier alpha value is -3.00. The smallest absolute Gasteiger partial charge is 0.280 e. The number of benzene rings is 1. The molecule has 0 saturated heterocycles. The Morgan fingerprint density at radius 2 is 1.93 bits per heavy atom. The molecule has 8 heteroatoms. The van der Waals surface area contributed by atoms with Gasteiger partial charge < -0.3 is 9.73 Å². The fraction of sp³-hybridized carbons (Fsp3) is 0.364. The van der Waals surface area contributed by atoms with E-state index in [0.29, 0.717) is 11.4 Å². The van der Waals surface area contributed by atoms with Gasteiger partial charge in [0.25, 0.3) is 11.8 Å². The molecule has 3 rings (SSSR count). The molecule has 0 aliphatic carbocycles. The van der Waals surface area contributed by atoms with Crippen LogP contribution in [0.5, 0.6) is 0 Å². The van der Waals surface area contributed by atoms with Crippen LogP contribution >= 0.6 is 11.5 Å². The van der Waals surface area contributed by atoms with Crippen LogP contribution in [-0.2, 0) is 4.79 Å². The average Bonchev–Trinajstić information content (AvgIpc) is 3.38. The summed E-state index contributed by atoms with van der Waals surface area (Å²) in [5, 5.41) is 8.56. The Balaban J connectivity index is 2.16. The standard InChI is InChI=1S/C22H26N4O3S/c1-6-22(4,5)23-20(27)19(18-8-7-9-29-18)26(21(28)17-13-30-25-24-17)16-11-14(2)10-15(3)12-16/h7-13,19H,6H2,1-5H3,(H,23,27)/t19-/m1/s1. The van der Waals surface area contributed by atoms with E-state index in [1.54, 1.807) is 17.5 Å². The highest BCUT2D eigenvalue weighted by Gasteiger charge is 2.38. The van der Waals surface area contributed by atoms with Crippen molar-refractivity contribution < 1.29 is 14.0 Å². The van der Waals surface area contributed by atoms with Gasteiger partial charge in [-0.15, -0.1) is 5.10 Å². The van der Waals surface area contributed by atoms with Gasteiger partial charge >= 0.3 is 0 Å². The highest BCUT2D eigenvalue weighted by molar-refractivity contribution is 7.03. The van der Waals surface area contributed by atoms with Crippen molar-refractivity contribution in [2.75, 3.05) is 4.90 Å². The Morgan fingerprint density at radius 1 is 1.23 bits per heavy atom. The third-order valence-corrected chi connectivity index (χ3v) is 5.45. The van der Waals surface area contributed by atoms with Crippen molar-refractivity contribution in [1.29, 1.82) is 0 Å². The second kappa shape index (κ2) is 8.79. The van der Waals surface area contributed by atoms with Crippen LogP contribution in [0.1, 0.15) is 60.6 Å². The van der Waals surface area contributed by atoms with Crippen molar-refractivity contribution in [1.82, 2.24) is 14.9 Å². The zero-order valence-electron chi connectivity index (χ0n) is 17.8. The number of nitrogens with zero attached hydrogens (tertiary/aromatic N) is 3. The lowest BCUT2D eigenvalue weighted by Crippen LogP contribution is -2.50. The molecule has 0 aliphatic heterocycles. The number of carbonyl (C=O) groups is 2. The van der Waals surface area contributed by atoms with E-state index in [4.69, 9.17) is 4.42 Å². The van der Waals surface area contributed by atoms with Gasteiger partial charge in [0.15, 0.2) is 11.7 Å². The molecule has 0 saturated carbocycles. The van der Waals surface area contributed by atoms with Crippen LogP contribution in [0.4, 0.5) is 5.69 Å². The minimum atomic E-state index is -0.999. The molecule has 0 bridgehead atoms. The Morgan fingerprint density at radius 3 is 2.47 bits per heavy atom. The van der Waals surface area contributed by atoms with Crippen LogP contribution < -0.4 is 10.2 Å². The first-order valence-corrected chi connectivity index (χ1v) is 10.6. The highest BCUT2D eigenvalue weighted by atomic mass is 32.1. The van der Waals surface area contributed by atoms with E-state index in [9.17, 15) is 9.59 Å². The van der Waals surface area contributed by atoms with E-state index in [0.717, 1.165) is 29.1 Å². The van der Waals surface area contributed by atoms with Crippen LogP contribution in [0, 0.1) is 13.8 Å². The van der Waals surface area contributed by atoms with Gasteiger partial charge in [-0.05, 0) is 81.0 Å². The molecule has 0 fully saturated rings. The molecule has 158 valence electrons. The van der Waals surface area contributed by atoms with Crippen molar-refractivity contribution in [2.45, 2.75) is 52.6 Å². The zero-order valence-corrected chi connectivity index (χ0v) is 18.6. The number of anilines is 1. The van der Waals surface area contributed by atoms with Crippen molar-refractivity contribution in [2.24, 2.45) is 0 Å². The molecule has 2 aromatic heterocycles. The fourth-order valence-electron chi connectivity index (χ4n) is 3.17. The molecule has 2 heterocycles. The number of aryl methyl sites for hydroxylation is 2. The Labute approximate surface area is 180 Å². The molecule has 7 nitrogen and oxygen atoms in total. The van der Waals surface area contributed by atoms with E-state index in [1.807, 2.05) is 52.8 Å². The number of aromatic nitrogens is 2. The number of hydrogen-bond donors (Lipinski definition) is 1. The SMILES string of the molecule is CCC(C)(C)NC(=O)[C@@H](c1ccco1)N(C(=O)c1csnn1)c1cc(C)cc(C)c1.